The molecule has 0 aliphatic carbocycles. The number of rotatable bonds is 2. The highest BCUT2D eigenvalue weighted by Crippen LogP contribution is 2.17. The SMILES string of the molecule is Cn1cc([N+](=O)[O-])cc1C(=O)N1CCCNCC1. The van der Waals surface area contributed by atoms with Gasteiger partial charge in [0.2, 0.25) is 0 Å². The fraction of sp³-hybridized carbons (Fsp3) is 0.545. The standard InChI is InChI=1S/C11H16N4O3/c1-13-8-9(15(17)18)7-10(13)11(16)14-5-2-3-12-4-6-14/h7-8,12H,2-6H2,1H3. The number of hydrogen-bond donors (Lipinski definition) is 1. The molecule has 2 heterocycles. The van der Waals surface area contributed by atoms with E-state index < -0.39 is 4.92 Å². The molecule has 0 atom stereocenters. The highest BCUT2D eigenvalue weighted by atomic mass is 16.6. The van der Waals surface area contributed by atoms with Crippen molar-refractivity contribution in [2.75, 3.05) is 26.2 Å². The minimum atomic E-state index is -0.485. The maximum absolute atomic E-state index is 12.3. The zero-order valence-corrected chi connectivity index (χ0v) is 10.3. The summed E-state index contributed by atoms with van der Waals surface area (Å²) in [6, 6.07) is 1.33. The Labute approximate surface area is 105 Å². The molecule has 0 radical (unpaired) electrons. The number of carbonyl (C=O) groups excluding carboxylic acids is 1. The molecule has 2 rings (SSSR count). The van der Waals surface area contributed by atoms with E-state index in [9.17, 15) is 14.9 Å². The lowest BCUT2D eigenvalue weighted by Crippen LogP contribution is -2.35. The number of amides is 1. The van der Waals surface area contributed by atoms with Gasteiger partial charge in [-0.15, -0.1) is 0 Å². The lowest BCUT2D eigenvalue weighted by molar-refractivity contribution is -0.384. The van der Waals surface area contributed by atoms with Crippen LogP contribution in [-0.2, 0) is 7.05 Å². The largest absolute Gasteiger partial charge is 0.340 e. The molecule has 1 amide bonds. The number of carbonyl (C=O) groups is 1. The van der Waals surface area contributed by atoms with Crippen molar-refractivity contribution in [2.45, 2.75) is 6.42 Å². The Kier molecular flexibility index (Phi) is 3.61. The summed E-state index contributed by atoms with van der Waals surface area (Å²) in [4.78, 5) is 24.2. The maximum Gasteiger partial charge on any atom is 0.287 e. The van der Waals surface area contributed by atoms with Gasteiger partial charge in [-0.2, -0.15) is 0 Å². The van der Waals surface area contributed by atoms with E-state index in [1.165, 1.54) is 16.8 Å². The molecular formula is C11H16N4O3. The van der Waals surface area contributed by atoms with E-state index in [4.69, 9.17) is 0 Å². The van der Waals surface area contributed by atoms with Crippen LogP contribution in [0.15, 0.2) is 12.3 Å². The summed E-state index contributed by atoms with van der Waals surface area (Å²) < 4.78 is 1.51. The zero-order chi connectivity index (χ0) is 13.1. The Bertz CT molecular complexity index is 461. The Hall–Kier alpha value is -1.89. The number of hydrogen-bond acceptors (Lipinski definition) is 4. The predicted molar refractivity (Wildman–Crippen MR) is 65.5 cm³/mol. The second-order valence-electron chi connectivity index (χ2n) is 4.35. The van der Waals surface area contributed by atoms with Gasteiger partial charge in [-0.25, -0.2) is 0 Å². The van der Waals surface area contributed by atoms with Gasteiger partial charge < -0.3 is 14.8 Å². The molecule has 1 aromatic rings. The highest BCUT2D eigenvalue weighted by Gasteiger charge is 2.22. The van der Waals surface area contributed by atoms with Gasteiger partial charge in [-0.3, -0.25) is 14.9 Å². The predicted octanol–water partition coefficient (Wildman–Crippen LogP) is 0.369. The van der Waals surface area contributed by atoms with Gasteiger partial charge in [0.15, 0.2) is 0 Å². The monoisotopic (exact) mass is 252 g/mol. The van der Waals surface area contributed by atoms with E-state index >= 15 is 0 Å². The van der Waals surface area contributed by atoms with Crippen LogP contribution in [0.2, 0.25) is 0 Å². The molecule has 0 saturated carbocycles. The van der Waals surface area contributed by atoms with Crippen LogP contribution in [0.4, 0.5) is 5.69 Å². The lowest BCUT2D eigenvalue weighted by Gasteiger charge is -2.19. The van der Waals surface area contributed by atoms with E-state index in [1.54, 1.807) is 11.9 Å². The number of nitro groups is 1. The van der Waals surface area contributed by atoms with Crippen molar-refractivity contribution in [3.63, 3.8) is 0 Å². The van der Waals surface area contributed by atoms with Crippen molar-refractivity contribution >= 4 is 11.6 Å². The average Bonchev–Trinajstić information content (AvgIpc) is 2.57. The number of aromatic nitrogens is 1. The summed E-state index contributed by atoms with van der Waals surface area (Å²) in [6.07, 6.45) is 2.27. The molecule has 98 valence electrons. The Morgan fingerprint density at radius 3 is 2.89 bits per heavy atom. The molecule has 0 spiro atoms. The molecule has 1 saturated heterocycles. The molecule has 0 aromatic carbocycles. The van der Waals surface area contributed by atoms with Gasteiger partial charge in [0.1, 0.15) is 5.69 Å². The fourth-order valence-electron chi connectivity index (χ4n) is 2.07. The van der Waals surface area contributed by atoms with E-state index in [2.05, 4.69) is 5.32 Å². The summed E-state index contributed by atoms with van der Waals surface area (Å²) in [5, 5.41) is 13.9. The maximum atomic E-state index is 12.3. The second-order valence-corrected chi connectivity index (χ2v) is 4.35. The quantitative estimate of drug-likeness (QED) is 0.609. The van der Waals surface area contributed by atoms with Gasteiger partial charge in [0.05, 0.1) is 11.1 Å². The Morgan fingerprint density at radius 2 is 2.22 bits per heavy atom. The van der Waals surface area contributed by atoms with Crippen LogP contribution in [0.5, 0.6) is 0 Å². The van der Waals surface area contributed by atoms with Gasteiger partial charge >= 0.3 is 0 Å². The third-order valence-corrected chi connectivity index (χ3v) is 3.05. The molecule has 1 aliphatic rings. The van der Waals surface area contributed by atoms with Crippen LogP contribution in [0.3, 0.4) is 0 Å². The van der Waals surface area contributed by atoms with E-state index in [1.807, 2.05) is 0 Å². The fourth-order valence-corrected chi connectivity index (χ4v) is 2.07. The molecule has 0 unspecified atom stereocenters. The first-order chi connectivity index (χ1) is 8.59. The van der Waals surface area contributed by atoms with Crippen molar-refractivity contribution in [1.29, 1.82) is 0 Å². The topological polar surface area (TPSA) is 80.4 Å². The van der Waals surface area contributed by atoms with Crippen LogP contribution in [0.25, 0.3) is 0 Å². The van der Waals surface area contributed by atoms with Gasteiger partial charge in [0, 0.05) is 32.7 Å². The van der Waals surface area contributed by atoms with Crippen molar-refractivity contribution in [2.24, 2.45) is 7.05 Å². The normalized spacial score (nSPS) is 16.4. The first-order valence-electron chi connectivity index (χ1n) is 5.90. The molecule has 18 heavy (non-hydrogen) atoms. The number of aryl methyl sites for hydroxylation is 1. The molecule has 1 aliphatic heterocycles. The van der Waals surface area contributed by atoms with Crippen LogP contribution >= 0.6 is 0 Å². The minimum Gasteiger partial charge on any atom is -0.340 e. The summed E-state index contributed by atoms with van der Waals surface area (Å²) in [5.74, 6) is -0.144. The lowest BCUT2D eigenvalue weighted by atomic mass is 10.3. The van der Waals surface area contributed by atoms with E-state index in [0.717, 1.165) is 19.5 Å². The van der Waals surface area contributed by atoms with E-state index in [0.29, 0.717) is 18.8 Å². The molecule has 7 nitrogen and oxygen atoms in total. The molecule has 1 aromatic heterocycles. The van der Waals surface area contributed by atoms with Crippen molar-refractivity contribution in [3.8, 4) is 0 Å². The Morgan fingerprint density at radius 1 is 1.44 bits per heavy atom. The van der Waals surface area contributed by atoms with Gasteiger partial charge in [0.25, 0.3) is 11.6 Å². The van der Waals surface area contributed by atoms with Crippen molar-refractivity contribution < 1.29 is 9.72 Å². The van der Waals surface area contributed by atoms with Crippen LogP contribution in [0, 0.1) is 10.1 Å². The molecule has 1 fully saturated rings. The second kappa shape index (κ2) is 5.18. The van der Waals surface area contributed by atoms with Gasteiger partial charge in [-0.05, 0) is 13.0 Å². The van der Waals surface area contributed by atoms with Crippen molar-refractivity contribution in [3.05, 3.63) is 28.1 Å². The van der Waals surface area contributed by atoms with E-state index in [-0.39, 0.29) is 11.6 Å². The van der Waals surface area contributed by atoms with Crippen LogP contribution in [-0.4, -0.2) is 46.5 Å². The molecule has 0 bridgehead atoms. The van der Waals surface area contributed by atoms with Crippen molar-refractivity contribution in [1.82, 2.24) is 14.8 Å². The van der Waals surface area contributed by atoms with Gasteiger partial charge in [-0.1, -0.05) is 0 Å². The average molecular weight is 252 g/mol. The summed E-state index contributed by atoms with van der Waals surface area (Å²) in [6.45, 7) is 2.98. The van der Waals surface area contributed by atoms with Crippen LogP contribution in [0.1, 0.15) is 16.9 Å². The zero-order valence-electron chi connectivity index (χ0n) is 10.3. The van der Waals surface area contributed by atoms with Crippen LogP contribution < -0.4 is 5.32 Å². The third kappa shape index (κ3) is 2.51. The smallest absolute Gasteiger partial charge is 0.287 e. The molecule has 7 heteroatoms. The Balaban J connectivity index is 2.19. The summed E-state index contributed by atoms with van der Waals surface area (Å²) in [7, 11) is 1.65. The first kappa shape index (κ1) is 12.6. The first-order valence-corrected chi connectivity index (χ1v) is 5.90. The summed E-state index contributed by atoms with van der Waals surface area (Å²) >= 11 is 0. The molecular weight excluding hydrogens is 236 g/mol. The molecule has 1 N–H and O–H groups in total. The number of nitrogens with one attached hydrogen (secondary N) is 1. The summed E-state index contributed by atoms with van der Waals surface area (Å²) in [5.41, 5.74) is 0.317. The highest BCUT2D eigenvalue weighted by molar-refractivity contribution is 5.93. The minimum absolute atomic E-state index is 0.0474. The number of nitrogens with zero attached hydrogens (tertiary/aromatic N) is 3. The third-order valence-electron chi connectivity index (χ3n) is 3.05.